The number of hydrogen-bond acceptors (Lipinski definition) is 5. The van der Waals surface area contributed by atoms with Gasteiger partial charge in [-0.05, 0) is 37.6 Å². The highest BCUT2D eigenvalue weighted by molar-refractivity contribution is 5.93. The van der Waals surface area contributed by atoms with Crippen LogP contribution in [-0.4, -0.2) is 34.2 Å². The summed E-state index contributed by atoms with van der Waals surface area (Å²) < 4.78 is 12.0. The van der Waals surface area contributed by atoms with E-state index in [9.17, 15) is 4.79 Å². The predicted octanol–water partition coefficient (Wildman–Crippen LogP) is 2.63. The van der Waals surface area contributed by atoms with Gasteiger partial charge >= 0.3 is 0 Å². The van der Waals surface area contributed by atoms with Gasteiger partial charge in [0.25, 0.3) is 5.91 Å². The van der Waals surface area contributed by atoms with Crippen LogP contribution in [0.5, 0.6) is 11.6 Å². The van der Waals surface area contributed by atoms with Crippen LogP contribution in [0.2, 0.25) is 0 Å². The maximum atomic E-state index is 12.5. The summed E-state index contributed by atoms with van der Waals surface area (Å²) in [4.78, 5) is 16.8. The van der Waals surface area contributed by atoms with Crippen LogP contribution in [0, 0.1) is 0 Å². The molecule has 2 heterocycles. The van der Waals surface area contributed by atoms with Crippen molar-refractivity contribution in [1.82, 2.24) is 19.9 Å². The van der Waals surface area contributed by atoms with Crippen LogP contribution in [0.25, 0.3) is 5.65 Å². The van der Waals surface area contributed by atoms with Gasteiger partial charge in [-0.1, -0.05) is 12.1 Å². The van der Waals surface area contributed by atoms with Crippen molar-refractivity contribution in [1.29, 1.82) is 0 Å². The van der Waals surface area contributed by atoms with E-state index in [1.165, 1.54) is 4.52 Å². The van der Waals surface area contributed by atoms with E-state index in [2.05, 4.69) is 15.4 Å². The van der Waals surface area contributed by atoms with E-state index in [1.807, 2.05) is 38.1 Å². The Hall–Kier alpha value is -3.09. The molecule has 0 bridgehead atoms. The molecular formula is C18H20N4O3. The lowest BCUT2D eigenvalue weighted by Crippen LogP contribution is -2.26. The molecular weight excluding hydrogens is 320 g/mol. The molecule has 0 unspecified atom stereocenters. The molecule has 3 aromatic rings. The van der Waals surface area contributed by atoms with Crippen LogP contribution in [0.4, 0.5) is 0 Å². The lowest BCUT2D eigenvalue weighted by Gasteiger charge is -2.13. The van der Waals surface area contributed by atoms with Gasteiger partial charge in [-0.25, -0.2) is 9.50 Å². The zero-order valence-corrected chi connectivity index (χ0v) is 14.4. The van der Waals surface area contributed by atoms with Crippen molar-refractivity contribution in [3.63, 3.8) is 0 Å². The topological polar surface area (TPSA) is 77.8 Å². The van der Waals surface area contributed by atoms with E-state index >= 15 is 0 Å². The number of nitrogens with one attached hydrogen (secondary N) is 1. The number of fused-ring (bicyclic) bond motifs is 1. The van der Waals surface area contributed by atoms with Crippen molar-refractivity contribution in [2.45, 2.75) is 19.9 Å². The highest BCUT2D eigenvalue weighted by Crippen LogP contribution is 2.18. The highest BCUT2D eigenvalue weighted by Gasteiger charge is 2.15. The Balaban J connectivity index is 1.74. The number of hydrogen-bond donors (Lipinski definition) is 1. The lowest BCUT2D eigenvalue weighted by molar-refractivity contribution is 0.0935. The molecule has 0 saturated carbocycles. The Labute approximate surface area is 145 Å². The quantitative estimate of drug-likeness (QED) is 0.746. The Morgan fingerprint density at radius 2 is 2.00 bits per heavy atom. The molecule has 0 aliphatic rings. The molecule has 0 aliphatic heterocycles. The first-order valence-electron chi connectivity index (χ1n) is 8.04. The summed E-state index contributed by atoms with van der Waals surface area (Å²) in [5.41, 5.74) is 1.88. The number of nitrogens with zero attached hydrogens (tertiary/aromatic N) is 3. The predicted molar refractivity (Wildman–Crippen MR) is 93.0 cm³/mol. The fourth-order valence-corrected chi connectivity index (χ4v) is 2.45. The average Bonchev–Trinajstić information content (AvgIpc) is 3.05. The van der Waals surface area contributed by atoms with Gasteiger partial charge in [-0.2, -0.15) is 0 Å². The molecule has 1 N–H and O–H groups in total. The Kier molecular flexibility index (Phi) is 4.83. The number of amides is 1. The number of carbonyl (C=O) groups excluding carboxylic acids is 1. The van der Waals surface area contributed by atoms with Gasteiger partial charge < -0.3 is 14.8 Å². The van der Waals surface area contributed by atoms with Crippen molar-refractivity contribution in [2.75, 3.05) is 13.7 Å². The van der Waals surface area contributed by atoms with Crippen LogP contribution < -0.4 is 14.8 Å². The highest BCUT2D eigenvalue weighted by atomic mass is 16.5. The first-order chi connectivity index (χ1) is 12.1. The molecule has 0 spiro atoms. The SMILES string of the molecule is CCOc1ccc2nc(C(=O)N[C@H](C)c3ccc(OC)cc3)cn2n1. The fourth-order valence-electron chi connectivity index (χ4n) is 2.45. The standard InChI is InChI=1S/C18H20N4O3/c1-4-25-17-10-9-16-20-15(11-22(16)21-17)18(23)19-12(2)13-5-7-14(24-3)8-6-13/h5-12H,4H2,1-3H3,(H,19,23)/t12-/m1/s1. The molecule has 1 amide bonds. The number of rotatable bonds is 6. The third kappa shape index (κ3) is 3.71. The minimum atomic E-state index is -0.258. The van der Waals surface area contributed by atoms with Gasteiger partial charge in [-0.15, -0.1) is 5.10 Å². The van der Waals surface area contributed by atoms with E-state index in [4.69, 9.17) is 9.47 Å². The molecule has 25 heavy (non-hydrogen) atoms. The first kappa shape index (κ1) is 16.8. The molecule has 0 fully saturated rings. The van der Waals surface area contributed by atoms with Crippen molar-refractivity contribution < 1.29 is 14.3 Å². The fraction of sp³-hybridized carbons (Fsp3) is 0.278. The van der Waals surface area contributed by atoms with Crippen LogP contribution >= 0.6 is 0 Å². The number of benzene rings is 1. The number of methoxy groups -OCH3 is 1. The van der Waals surface area contributed by atoms with Crippen molar-refractivity contribution in [3.8, 4) is 11.6 Å². The van der Waals surface area contributed by atoms with E-state index < -0.39 is 0 Å². The summed E-state index contributed by atoms with van der Waals surface area (Å²) in [7, 11) is 1.62. The van der Waals surface area contributed by atoms with Gasteiger partial charge in [0.2, 0.25) is 5.88 Å². The maximum absolute atomic E-state index is 12.5. The van der Waals surface area contributed by atoms with Gasteiger partial charge in [0.15, 0.2) is 5.65 Å². The second-order valence-corrected chi connectivity index (χ2v) is 5.50. The molecule has 0 saturated heterocycles. The summed E-state index contributed by atoms with van der Waals surface area (Å²) in [5.74, 6) is 1.01. The number of carbonyl (C=O) groups is 1. The first-order valence-corrected chi connectivity index (χ1v) is 8.04. The molecule has 7 heteroatoms. The summed E-state index contributed by atoms with van der Waals surface area (Å²) >= 11 is 0. The Morgan fingerprint density at radius 3 is 2.68 bits per heavy atom. The summed E-state index contributed by atoms with van der Waals surface area (Å²) in [6.45, 7) is 4.33. The summed E-state index contributed by atoms with van der Waals surface area (Å²) in [6, 6.07) is 10.9. The molecule has 0 radical (unpaired) electrons. The molecule has 2 aromatic heterocycles. The third-order valence-corrected chi connectivity index (χ3v) is 3.78. The second kappa shape index (κ2) is 7.21. The number of ether oxygens (including phenoxy) is 2. The lowest BCUT2D eigenvalue weighted by atomic mass is 10.1. The van der Waals surface area contributed by atoms with E-state index in [1.54, 1.807) is 25.4 Å². The van der Waals surface area contributed by atoms with E-state index in [-0.39, 0.29) is 11.9 Å². The maximum Gasteiger partial charge on any atom is 0.272 e. The minimum absolute atomic E-state index is 0.157. The summed E-state index contributed by atoms with van der Waals surface area (Å²) in [5, 5.41) is 7.20. The molecule has 130 valence electrons. The molecule has 1 atom stereocenters. The monoisotopic (exact) mass is 340 g/mol. The van der Waals surface area contributed by atoms with Crippen molar-refractivity contribution in [2.24, 2.45) is 0 Å². The van der Waals surface area contributed by atoms with Crippen molar-refractivity contribution in [3.05, 3.63) is 53.9 Å². The van der Waals surface area contributed by atoms with Gasteiger partial charge in [-0.3, -0.25) is 4.79 Å². The van der Waals surface area contributed by atoms with Crippen LogP contribution in [-0.2, 0) is 0 Å². The van der Waals surface area contributed by atoms with Crippen molar-refractivity contribution >= 4 is 11.6 Å². The minimum Gasteiger partial charge on any atom is -0.497 e. The van der Waals surface area contributed by atoms with Gasteiger partial charge in [0, 0.05) is 6.07 Å². The van der Waals surface area contributed by atoms with E-state index in [0.29, 0.717) is 23.8 Å². The Morgan fingerprint density at radius 1 is 1.24 bits per heavy atom. The zero-order valence-electron chi connectivity index (χ0n) is 14.4. The second-order valence-electron chi connectivity index (χ2n) is 5.50. The average molecular weight is 340 g/mol. The zero-order chi connectivity index (χ0) is 17.8. The summed E-state index contributed by atoms with van der Waals surface area (Å²) in [6.07, 6.45) is 1.59. The Bertz CT molecular complexity index is 874. The van der Waals surface area contributed by atoms with Gasteiger partial charge in [0.05, 0.1) is 26.0 Å². The van der Waals surface area contributed by atoms with Gasteiger partial charge in [0.1, 0.15) is 11.4 Å². The van der Waals surface area contributed by atoms with Crippen LogP contribution in [0.15, 0.2) is 42.6 Å². The normalized spacial score (nSPS) is 12.0. The third-order valence-electron chi connectivity index (χ3n) is 3.78. The molecule has 0 aliphatic carbocycles. The van der Waals surface area contributed by atoms with Crippen LogP contribution in [0.3, 0.4) is 0 Å². The number of aromatic nitrogens is 3. The van der Waals surface area contributed by atoms with E-state index in [0.717, 1.165) is 11.3 Å². The molecule has 7 nitrogen and oxygen atoms in total. The number of imidazole rings is 1. The smallest absolute Gasteiger partial charge is 0.272 e. The largest absolute Gasteiger partial charge is 0.497 e. The molecule has 3 rings (SSSR count). The van der Waals surface area contributed by atoms with Crippen LogP contribution in [0.1, 0.15) is 35.9 Å². The molecule has 1 aromatic carbocycles.